The maximum Gasteiger partial charge on any atom is 0.434 e. The van der Waals surface area contributed by atoms with Crippen LogP contribution in [0.2, 0.25) is 0 Å². The topological polar surface area (TPSA) is 49.8 Å². The number of likely N-dealkylation sites (tertiary alicyclic amines) is 1. The highest BCUT2D eigenvalue weighted by atomic mass is 127. The molecule has 1 aromatic carbocycles. The lowest BCUT2D eigenvalue weighted by molar-refractivity contribution is -0.140. The molecule has 0 amide bonds. The molecule has 1 aliphatic heterocycles. The monoisotopic (exact) mass is 554 g/mol. The van der Waals surface area contributed by atoms with Crippen molar-refractivity contribution in [1.29, 1.82) is 0 Å². The van der Waals surface area contributed by atoms with Crippen LogP contribution in [0.25, 0.3) is 0 Å². The number of thiazole rings is 1. The van der Waals surface area contributed by atoms with E-state index in [-0.39, 0.29) is 24.0 Å². The van der Waals surface area contributed by atoms with E-state index in [1.165, 1.54) is 5.56 Å². The fourth-order valence-electron chi connectivity index (χ4n) is 3.34. The van der Waals surface area contributed by atoms with Crippen molar-refractivity contribution in [3.63, 3.8) is 0 Å². The summed E-state index contributed by atoms with van der Waals surface area (Å²) in [6.45, 7) is 4.88. The fourth-order valence-corrected chi connectivity index (χ4v) is 4.13. The molecule has 166 valence electrons. The van der Waals surface area contributed by atoms with E-state index in [1.54, 1.807) is 7.11 Å². The van der Waals surface area contributed by atoms with Crippen molar-refractivity contribution in [3.8, 4) is 5.75 Å². The molecule has 0 radical (unpaired) electrons. The number of benzene rings is 1. The lowest BCUT2D eigenvalue weighted by Crippen LogP contribution is -2.40. The van der Waals surface area contributed by atoms with Gasteiger partial charge in [0.2, 0.25) is 0 Å². The SMILES string of the molecule is CCNC(=NCCc1nc(C(F)(F)F)cs1)N1CCC(c2ccc(OC)cc2)C1.I. The highest BCUT2D eigenvalue weighted by molar-refractivity contribution is 14.0. The van der Waals surface area contributed by atoms with Crippen LogP contribution in [0.1, 0.15) is 35.5 Å². The Balaban J connectivity index is 0.00000320. The van der Waals surface area contributed by atoms with Crippen molar-refractivity contribution in [3.05, 3.63) is 45.9 Å². The number of nitrogens with one attached hydrogen (secondary N) is 1. The Morgan fingerprint density at radius 3 is 2.67 bits per heavy atom. The van der Waals surface area contributed by atoms with E-state index < -0.39 is 11.9 Å². The average Bonchev–Trinajstić information content (AvgIpc) is 3.37. The van der Waals surface area contributed by atoms with Crippen LogP contribution in [-0.2, 0) is 12.6 Å². The number of ether oxygens (including phenoxy) is 1. The number of rotatable bonds is 6. The van der Waals surface area contributed by atoms with Crippen molar-refractivity contribution in [2.45, 2.75) is 31.9 Å². The first-order valence-electron chi connectivity index (χ1n) is 9.59. The zero-order chi connectivity index (χ0) is 20.9. The van der Waals surface area contributed by atoms with Crippen LogP contribution in [-0.4, -0.2) is 49.1 Å². The first-order chi connectivity index (χ1) is 13.9. The van der Waals surface area contributed by atoms with Gasteiger partial charge in [0.05, 0.1) is 12.1 Å². The molecule has 1 aliphatic rings. The van der Waals surface area contributed by atoms with E-state index in [0.29, 0.717) is 23.9 Å². The van der Waals surface area contributed by atoms with Gasteiger partial charge in [0.1, 0.15) is 5.75 Å². The first kappa shape index (κ1) is 24.7. The smallest absolute Gasteiger partial charge is 0.434 e. The van der Waals surface area contributed by atoms with Crippen LogP contribution in [0.15, 0.2) is 34.6 Å². The summed E-state index contributed by atoms with van der Waals surface area (Å²) >= 11 is 1.03. The minimum atomic E-state index is -4.39. The summed E-state index contributed by atoms with van der Waals surface area (Å²) < 4.78 is 43.2. The highest BCUT2D eigenvalue weighted by Gasteiger charge is 2.33. The van der Waals surface area contributed by atoms with E-state index >= 15 is 0 Å². The molecule has 1 atom stereocenters. The van der Waals surface area contributed by atoms with E-state index in [2.05, 4.69) is 32.3 Å². The Morgan fingerprint density at radius 1 is 1.33 bits per heavy atom. The van der Waals surface area contributed by atoms with Crippen molar-refractivity contribution >= 4 is 41.3 Å². The quantitative estimate of drug-likeness (QED) is 0.317. The summed E-state index contributed by atoms with van der Waals surface area (Å²) in [5.74, 6) is 2.06. The molecule has 0 aliphatic carbocycles. The molecular formula is C20H26F3IN4OS. The molecule has 1 aromatic heterocycles. The Labute approximate surface area is 195 Å². The summed E-state index contributed by atoms with van der Waals surface area (Å²) in [4.78, 5) is 10.5. The van der Waals surface area contributed by atoms with Gasteiger partial charge in [-0.05, 0) is 31.0 Å². The van der Waals surface area contributed by atoms with Crippen LogP contribution in [0.3, 0.4) is 0 Å². The number of hydrogen-bond donors (Lipinski definition) is 1. The van der Waals surface area contributed by atoms with Gasteiger partial charge in [0.25, 0.3) is 0 Å². The largest absolute Gasteiger partial charge is 0.497 e. The van der Waals surface area contributed by atoms with Crippen molar-refractivity contribution in [2.24, 2.45) is 4.99 Å². The summed E-state index contributed by atoms with van der Waals surface area (Å²) in [5.41, 5.74) is 0.446. The molecule has 10 heteroatoms. The number of nitrogens with zero attached hydrogens (tertiary/aromatic N) is 3. The van der Waals surface area contributed by atoms with Gasteiger partial charge in [0, 0.05) is 43.9 Å². The predicted molar refractivity (Wildman–Crippen MR) is 124 cm³/mol. The molecule has 2 aromatic rings. The first-order valence-corrected chi connectivity index (χ1v) is 10.5. The zero-order valence-corrected chi connectivity index (χ0v) is 20.1. The van der Waals surface area contributed by atoms with Crippen LogP contribution in [0, 0.1) is 0 Å². The standard InChI is InChI=1S/C20H25F3N4OS.HI/c1-3-24-19(25-10-8-18-26-17(13-29-18)20(21,22)23)27-11-9-15(12-27)14-4-6-16(28-2)7-5-14;/h4-7,13,15H,3,8-12H2,1-2H3,(H,24,25);1H. The second-order valence-electron chi connectivity index (χ2n) is 6.81. The Morgan fingerprint density at radius 2 is 2.07 bits per heavy atom. The molecule has 0 saturated carbocycles. The maximum absolute atomic E-state index is 12.7. The van der Waals surface area contributed by atoms with Gasteiger partial charge >= 0.3 is 6.18 Å². The fraction of sp³-hybridized carbons (Fsp3) is 0.500. The van der Waals surface area contributed by atoms with Crippen molar-refractivity contribution in [2.75, 3.05) is 33.3 Å². The lowest BCUT2D eigenvalue weighted by Gasteiger charge is -2.21. The molecule has 1 saturated heterocycles. The van der Waals surface area contributed by atoms with Gasteiger partial charge in [-0.2, -0.15) is 13.2 Å². The molecule has 2 heterocycles. The number of alkyl halides is 3. The molecule has 3 rings (SSSR count). The Kier molecular flexibility index (Phi) is 9.20. The molecule has 0 spiro atoms. The van der Waals surface area contributed by atoms with Gasteiger partial charge in [-0.1, -0.05) is 12.1 Å². The van der Waals surface area contributed by atoms with Crippen molar-refractivity contribution in [1.82, 2.24) is 15.2 Å². The third kappa shape index (κ3) is 6.47. The summed E-state index contributed by atoms with van der Waals surface area (Å²) in [6.07, 6.45) is -2.97. The zero-order valence-electron chi connectivity index (χ0n) is 16.9. The van der Waals surface area contributed by atoms with E-state index in [4.69, 9.17) is 4.74 Å². The summed E-state index contributed by atoms with van der Waals surface area (Å²) in [5, 5.41) is 4.80. The number of aliphatic imine (C=N–C) groups is 1. The molecule has 1 N–H and O–H groups in total. The highest BCUT2D eigenvalue weighted by Crippen LogP contribution is 2.30. The average molecular weight is 554 g/mol. The number of guanidine groups is 1. The minimum absolute atomic E-state index is 0. The van der Waals surface area contributed by atoms with Gasteiger partial charge in [0.15, 0.2) is 11.7 Å². The minimum Gasteiger partial charge on any atom is -0.497 e. The summed E-state index contributed by atoms with van der Waals surface area (Å²) in [7, 11) is 1.65. The third-order valence-electron chi connectivity index (χ3n) is 4.84. The molecule has 1 unspecified atom stereocenters. The number of hydrogen-bond acceptors (Lipinski definition) is 4. The Hall–Kier alpha value is -1.56. The van der Waals surface area contributed by atoms with Crippen molar-refractivity contribution < 1.29 is 17.9 Å². The number of halogens is 4. The molecule has 1 fully saturated rings. The molecule has 5 nitrogen and oxygen atoms in total. The number of methoxy groups -OCH3 is 1. The normalized spacial score (nSPS) is 17.0. The van der Waals surface area contributed by atoms with Gasteiger partial charge < -0.3 is 15.0 Å². The van der Waals surface area contributed by atoms with E-state index in [9.17, 15) is 13.2 Å². The van der Waals surface area contributed by atoms with Crippen LogP contribution >= 0.6 is 35.3 Å². The van der Waals surface area contributed by atoms with Crippen LogP contribution in [0.4, 0.5) is 13.2 Å². The van der Waals surface area contributed by atoms with E-state index in [0.717, 1.165) is 54.5 Å². The van der Waals surface area contributed by atoms with Gasteiger partial charge in [-0.3, -0.25) is 4.99 Å². The van der Waals surface area contributed by atoms with E-state index in [1.807, 2.05) is 19.1 Å². The van der Waals surface area contributed by atoms with Gasteiger partial charge in [-0.15, -0.1) is 35.3 Å². The maximum atomic E-state index is 12.7. The van der Waals surface area contributed by atoms with Crippen LogP contribution < -0.4 is 10.1 Å². The number of aromatic nitrogens is 1. The predicted octanol–water partition coefficient (Wildman–Crippen LogP) is 4.79. The molecule has 0 bridgehead atoms. The lowest BCUT2D eigenvalue weighted by atomic mass is 9.98. The molecule has 30 heavy (non-hydrogen) atoms. The molecular weight excluding hydrogens is 528 g/mol. The third-order valence-corrected chi connectivity index (χ3v) is 5.75. The van der Waals surface area contributed by atoms with Crippen LogP contribution in [0.5, 0.6) is 5.75 Å². The van der Waals surface area contributed by atoms with Gasteiger partial charge in [-0.25, -0.2) is 4.98 Å². The summed E-state index contributed by atoms with van der Waals surface area (Å²) in [6, 6.07) is 8.14. The second kappa shape index (κ2) is 11.2. The Bertz CT molecular complexity index is 826. The second-order valence-corrected chi connectivity index (χ2v) is 7.76.